The van der Waals surface area contributed by atoms with Gasteiger partial charge in [0.05, 0.1) is 0 Å². The van der Waals surface area contributed by atoms with Crippen molar-refractivity contribution in [1.82, 2.24) is 21.3 Å². The lowest BCUT2D eigenvalue weighted by Gasteiger charge is -2.24. The zero-order valence-corrected chi connectivity index (χ0v) is 14.3. The zero-order valence-electron chi connectivity index (χ0n) is 13.4. The van der Waals surface area contributed by atoms with Crippen molar-refractivity contribution in [3.63, 3.8) is 0 Å². The van der Waals surface area contributed by atoms with Crippen LogP contribution >= 0.6 is 12.6 Å². The molecule has 0 radical (unpaired) electrons. The van der Waals surface area contributed by atoms with Gasteiger partial charge in [0.1, 0.15) is 5.54 Å². The highest BCUT2D eigenvalue weighted by Crippen LogP contribution is 2.01. The van der Waals surface area contributed by atoms with Gasteiger partial charge in [0.25, 0.3) is 0 Å². The van der Waals surface area contributed by atoms with Crippen molar-refractivity contribution < 1.29 is 9.59 Å². The van der Waals surface area contributed by atoms with Crippen LogP contribution in [0.4, 0.5) is 4.79 Å². The summed E-state index contributed by atoms with van der Waals surface area (Å²) in [5.41, 5.74) is -0.917. The van der Waals surface area contributed by atoms with Crippen LogP contribution in [0.1, 0.15) is 39.5 Å². The van der Waals surface area contributed by atoms with Crippen LogP contribution < -0.4 is 21.3 Å². The molecule has 0 spiro atoms. The van der Waals surface area contributed by atoms with E-state index in [2.05, 4.69) is 33.9 Å². The third-order valence-corrected chi connectivity index (χ3v) is 3.39. The average molecular weight is 318 g/mol. The Morgan fingerprint density at radius 2 is 1.67 bits per heavy atom. The van der Waals surface area contributed by atoms with Crippen LogP contribution in [0.3, 0.4) is 0 Å². The van der Waals surface area contributed by atoms with Gasteiger partial charge in [0.2, 0.25) is 5.91 Å². The largest absolute Gasteiger partial charge is 0.357 e. The Morgan fingerprint density at radius 3 is 2.29 bits per heavy atom. The number of rotatable bonds is 11. The van der Waals surface area contributed by atoms with Crippen molar-refractivity contribution in [3.05, 3.63) is 0 Å². The van der Waals surface area contributed by atoms with E-state index in [-0.39, 0.29) is 11.9 Å². The predicted octanol–water partition coefficient (Wildman–Crippen LogP) is 0.890. The zero-order chi connectivity index (χ0) is 16.1. The minimum absolute atomic E-state index is 0.225. The number of hydrogen-bond acceptors (Lipinski definition) is 4. The number of carbonyl (C=O) groups is 2. The molecule has 4 N–H and O–H groups in total. The number of unbranched alkanes of at least 4 members (excludes halogenated alkanes) is 3. The summed E-state index contributed by atoms with van der Waals surface area (Å²) >= 11 is 4.17. The van der Waals surface area contributed by atoms with Gasteiger partial charge in [-0.2, -0.15) is 12.6 Å². The van der Waals surface area contributed by atoms with Gasteiger partial charge in [-0.3, -0.25) is 4.79 Å². The number of carbonyl (C=O) groups excluding carboxylic acids is 2. The fourth-order valence-electron chi connectivity index (χ4n) is 1.80. The van der Waals surface area contributed by atoms with E-state index in [0.717, 1.165) is 25.3 Å². The molecule has 0 rings (SSSR count). The summed E-state index contributed by atoms with van der Waals surface area (Å²) in [6.45, 7) is 5.54. The molecule has 0 unspecified atom stereocenters. The Balaban J connectivity index is 3.56. The summed E-state index contributed by atoms with van der Waals surface area (Å²) in [6.07, 6.45) is 4.75. The van der Waals surface area contributed by atoms with Crippen molar-refractivity contribution in [3.8, 4) is 0 Å². The molecule has 0 aromatic carbocycles. The van der Waals surface area contributed by atoms with E-state index in [4.69, 9.17) is 0 Å². The number of likely N-dealkylation sites (N-methyl/N-ethyl adjacent to an activating group) is 1. The maximum absolute atomic E-state index is 11.6. The summed E-state index contributed by atoms with van der Waals surface area (Å²) in [5.74, 6) is 0.732. The SMILES string of the molecule is CNC(=O)C(C)(C)NC(=O)NCCNCCCCCCS. The monoisotopic (exact) mass is 318 g/mol. The summed E-state index contributed by atoms with van der Waals surface area (Å²) in [7, 11) is 1.55. The van der Waals surface area contributed by atoms with E-state index in [1.165, 1.54) is 19.3 Å². The highest BCUT2D eigenvalue weighted by Gasteiger charge is 2.28. The first-order valence-electron chi connectivity index (χ1n) is 7.54. The molecule has 0 aliphatic carbocycles. The number of urea groups is 1. The molecular weight excluding hydrogens is 288 g/mol. The van der Waals surface area contributed by atoms with Crippen LogP contribution in [0.25, 0.3) is 0 Å². The van der Waals surface area contributed by atoms with Crippen molar-refractivity contribution >= 4 is 24.6 Å². The van der Waals surface area contributed by atoms with E-state index >= 15 is 0 Å². The van der Waals surface area contributed by atoms with Crippen molar-refractivity contribution in [2.24, 2.45) is 0 Å². The second kappa shape index (κ2) is 11.7. The third kappa shape index (κ3) is 10.4. The maximum Gasteiger partial charge on any atom is 0.315 e. The average Bonchev–Trinajstić information content (AvgIpc) is 2.44. The van der Waals surface area contributed by atoms with Gasteiger partial charge in [0, 0.05) is 20.1 Å². The lowest BCUT2D eigenvalue weighted by atomic mass is 10.1. The van der Waals surface area contributed by atoms with Crippen molar-refractivity contribution in [2.45, 2.75) is 45.1 Å². The summed E-state index contributed by atoms with van der Waals surface area (Å²) < 4.78 is 0. The molecule has 0 heterocycles. The minimum Gasteiger partial charge on any atom is -0.357 e. The summed E-state index contributed by atoms with van der Waals surface area (Å²) in [5, 5.41) is 11.2. The Hall–Kier alpha value is -0.950. The molecule has 0 saturated carbocycles. The minimum atomic E-state index is -0.917. The molecule has 0 aliphatic heterocycles. The van der Waals surface area contributed by atoms with Crippen LogP contribution in [0, 0.1) is 0 Å². The molecule has 7 heteroatoms. The Bertz CT molecular complexity index is 311. The summed E-state index contributed by atoms with van der Waals surface area (Å²) in [4.78, 5) is 23.2. The number of thiol groups is 1. The third-order valence-electron chi connectivity index (χ3n) is 3.07. The number of hydrogen-bond donors (Lipinski definition) is 5. The smallest absolute Gasteiger partial charge is 0.315 e. The molecule has 124 valence electrons. The Kier molecular flexibility index (Phi) is 11.2. The van der Waals surface area contributed by atoms with Gasteiger partial charge in [-0.1, -0.05) is 12.8 Å². The van der Waals surface area contributed by atoms with Crippen LogP contribution in [0.2, 0.25) is 0 Å². The maximum atomic E-state index is 11.6. The number of amides is 3. The van der Waals surface area contributed by atoms with Gasteiger partial charge >= 0.3 is 6.03 Å². The van der Waals surface area contributed by atoms with E-state index in [1.807, 2.05) is 0 Å². The second-order valence-electron chi connectivity index (χ2n) is 5.47. The van der Waals surface area contributed by atoms with Gasteiger partial charge in [-0.25, -0.2) is 4.79 Å². The van der Waals surface area contributed by atoms with Crippen LogP contribution in [-0.2, 0) is 4.79 Å². The molecule has 0 atom stereocenters. The van der Waals surface area contributed by atoms with Crippen LogP contribution in [0.15, 0.2) is 0 Å². The lowest BCUT2D eigenvalue weighted by Crippen LogP contribution is -2.56. The highest BCUT2D eigenvalue weighted by atomic mass is 32.1. The number of nitrogens with one attached hydrogen (secondary N) is 4. The normalized spacial score (nSPS) is 11.0. The molecular formula is C14H30N4O2S. The van der Waals surface area contributed by atoms with Crippen LogP contribution in [0.5, 0.6) is 0 Å². The Morgan fingerprint density at radius 1 is 1.00 bits per heavy atom. The topological polar surface area (TPSA) is 82.3 Å². The predicted molar refractivity (Wildman–Crippen MR) is 89.9 cm³/mol. The van der Waals surface area contributed by atoms with E-state index < -0.39 is 5.54 Å². The van der Waals surface area contributed by atoms with Gasteiger partial charge in [-0.15, -0.1) is 0 Å². The molecule has 21 heavy (non-hydrogen) atoms. The fraction of sp³-hybridized carbons (Fsp3) is 0.857. The molecule has 0 bridgehead atoms. The van der Waals surface area contributed by atoms with Gasteiger partial charge in [-0.05, 0) is 39.0 Å². The molecule has 0 aliphatic rings. The lowest BCUT2D eigenvalue weighted by molar-refractivity contribution is -0.125. The molecule has 0 fully saturated rings. The van der Waals surface area contributed by atoms with Gasteiger partial charge < -0.3 is 21.3 Å². The van der Waals surface area contributed by atoms with E-state index in [1.54, 1.807) is 20.9 Å². The standard InChI is InChI=1S/C14H30N4O2S/c1-14(2,12(19)15-3)18-13(20)17-10-9-16-8-6-4-5-7-11-21/h16,21H,4-11H2,1-3H3,(H,15,19)(H2,17,18,20). The fourth-order valence-corrected chi connectivity index (χ4v) is 2.03. The molecule has 0 aromatic heterocycles. The molecule has 0 aromatic rings. The van der Waals surface area contributed by atoms with E-state index in [9.17, 15) is 9.59 Å². The Labute approximate surface area is 133 Å². The molecule has 0 saturated heterocycles. The highest BCUT2D eigenvalue weighted by molar-refractivity contribution is 7.80. The summed E-state index contributed by atoms with van der Waals surface area (Å²) in [6, 6.07) is -0.334. The van der Waals surface area contributed by atoms with E-state index in [0.29, 0.717) is 6.54 Å². The van der Waals surface area contributed by atoms with Crippen molar-refractivity contribution in [2.75, 3.05) is 32.4 Å². The molecule has 3 amide bonds. The molecule has 6 nitrogen and oxygen atoms in total. The first-order valence-corrected chi connectivity index (χ1v) is 8.17. The van der Waals surface area contributed by atoms with Crippen molar-refractivity contribution in [1.29, 1.82) is 0 Å². The first kappa shape index (κ1) is 20.1. The van der Waals surface area contributed by atoms with Crippen LogP contribution in [-0.4, -0.2) is 49.9 Å². The second-order valence-corrected chi connectivity index (χ2v) is 5.92. The van der Waals surface area contributed by atoms with Gasteiger partial charge in [0.15, 0.2) is 0 Å². The quantitative estimate of drug-likeness (QED) is 0.290. The first-order chi connectivity index (χ1) is 9.94.